The molecule has 0 aliphatic heterocycles. The van der Waals surface area contributed by atoms with Crippen LogP contribution >= 0.6 is 0 Å². The Morgan fingerprint density at radius 2 is 2.33 bits per heavy atom. The molecule has 0 radical (unpaired) electrons. The van der Waals surface area contributed by atoms with Gasteiger partial charge in [-0.1, -0.05) is 0 Å². The Morgan fingerprint density at radius 3 is 3.22 bits per heavy atom. The highest BCUT2D eigenvalue weighted by atomic mass is 15.5. The summed E-state index contributed by atoms with van der Waals surface area (Å²) in [5, 5.41) is 14.6. The Balaban J connectivity index is 1.58. The van der Waals surface area contributed by atoms with Crippen molar-refractivity contribution in [1.82, 2.24) is 35.0 Å². The lowest BCUT2D eigenvalue weighted by Gasteiger charge is -2.05. The molecular formula is C10H12N8. The Labute approximate surface area is 102 Å². The van der Waals surface area contributed by atoms with Gasteiger partial charge in [-0.25, -0.2) is 4.98 Å². The lowest BCUT2D eigenvalue weighted by atomic mass is 10.3. The maximum atomic E-state index is 4.17. The van der Waals surface area contributed by atoms with Gasteiger partial charge in [-0.2, -0.15) is 4.52 Å². The molecule has 92 valence electrons. The fourth-order valence-electron chi connectivity index (χ4n) is 1.70. The van der Waals surface area contributed by atoms with Gasteiger partial charge < -0.3 is 10.3 Å². The molecular weight excluding hydrogens is 232 g/mol. The Kier molecular flexibility index (Phi) is 2.82. The van der Waals surface area contributed by atoms with E-state index in [2.05, 4.69) is 35.8 Å². The molecule has 8 nitrogen and oxygen atoms in total. The third-order valence-corrected chi connectivity index (χ3v) is 2.56. The second-order valence-electron chi connectivity index (χ2n) is 3.81. The molecule has 3 aromatic heterocycles. The predicted molar refractivity (Wildman–Crippen MR) is 64.0 cm³/mol. The summed E-state index contributed by atoms with van der Waals surface area (Å²) < 4.78 is 1.62. The molecule has 0 fully saturated rings. The standard InChI is InChI=1S/C10H12N8/c1(2-8-12-4-5-13-8)3-14-9-6-11-7-10-15-16-17-18(9)10/h4-7,14H,1-3H2,(H,12,13). The first-order chi connectivity index (χ1) is 8.93. The van der Waals surface area contributed by atoms with Gasteiger partial charge in [-0.05, 0) is 16.8 Å². The fourth-order valence-corrected chi connectivity index (χ4v) is 1.70. The third-order valence-electron chi connectivity index (χ3n) is 2.56. The van der Waals surface area contributed by atoms with Crippen molar-refractivity contribution in [2.24, 2.45) is 0 Å². The molecule has 0 atom stereocenters. The van der Waals surface area contributed by atoms with E-state index < -0.39 is 0 Å². The lowest BCUT2D eigenvalue weighted by molar-refractivity contribution is 0.790. The van der Waals surface area contributed by atoms with Crippen LogP contribution in [-0.4, -0.2) is 41.5 Å². The SMILES string of the molecule is c1c[nH]c(CCCNc2cncc3nnnn23)n1. The predicted octanol–water partition coefficient (Wildman–Crippen LogP) is 0.287. The van der Waals surface area contributed by atoms with Gasteiger partial charge in [0.05, 0.1) is 12.4 Å². The first-order valence-electron chi connectivity index (χ1n) is 5.68. The van der Waals surface area contributed by atoms with Crippen LogP contribution in [0.25, 0.3) is 5.65 Å². The van der Waals surface area contributed by atoms with Crippen molar-refractivity contribution in [1.29, 1.82) is 0 Å². The van der Waals surface area contributed by atoms with E-state index in [0.29, 0.717) is 5.65 Å². The molecule has 0 saturated carbocycles. The molecule has 0 unspecified atom stereocenters. The van der Waals surface area contributed by atoms with Gasteiger partial charge in [0.15, 0.2) is 5.65 Å². The van der Waals surface area contributed by atoms with Crippen LogP contribution in [-0.2, 0) is 6.42 Å². The summed E-state index contributed by atoms with van der Waals surface area (Å²) >= 11 is 0. The highest BCUT2D eigenvalue weighted by Crippen LogP contribution is 2.06. The minimum Gasteiger partial charge on any atom is -0.369 e. The van der Waals surface area contributed by atoms with E-state index in [-0.39, 0.29) is 0 Å². The number of nitrogens with one attached hydrogen (secondary N) is 2. The minimum atomic E-state index is 0.631. The van der Waals surface area contributed by atoms with E-state index in [1.807, 2.05) is 6.20 Å². The molecule has 18 heavy (non-hydrogen) atoms. The van der Waals surface area contributed by atoms with Crippen LogP contribution in [0.15, 0.2) is 24.8 Å². The van der Waals surface area contributed by atoms with Crippen LogP contribution in [0.4, 0.5) is 5.82 Å². The fraction of sp³-hybridized carbons (Fsp3) is 0.300. The maximum absolute atomic E-state index is 4.17. The van der Waals surface area contributed by atoms with Crippen LogP contribution in [0.2, 0.25) is 0 Å². The second kappa shape index (κ2) is 4.78. The summed E-state index contributed by atoms with van der Waals surface area (Å²) in [5.41, 5.74) is 0.631. The summed E-state index contributed by atoms with van der Waals surface area (Å²) in [6.45, 7) is 0.807. The number of nitrogens with zero attached hydrogens (tertiary/aromatic N) is 6. The topological polar surface area (TPSA) is 96.7 Å². The Hall–Kier alpha value is -2.51. The van der Waals surface area contributed by atoms with E-state index in [0.717, 1.165) is 31.0 Å². The van der Waals surface area contributed by atoms with Crippen molar-refractivity contribution >= 4 is 11.5 Å². The maximum Gasteiger partial charge on any atom is 0.199 e. The number of hydrogen-bond acceptors (Lipinski definition) is 6. The molecule has 0 amide bonds. The zero-order chi connectivity index (χ0) is 12.2. The number of H-pyrrole nitrogens is 1. The number of hydrogen-bond donors (Lipinski definition) is 2. The number of imidazole rings is 1. The molecule has 3 heterocycles. The zero-order valence-electron chi connectivity index (χ0n) is 9.61. The monoisotopic (exact) mass is 244 g/mol. The number of aromatic amines is 1. The van der Waals surface area contributed by atoms with Crippen LogP contribution in [0.3, 0.4) is 0 Å². The average molecular weight is 244 g/mol. The summed E-state index contributed by atoms with van der Waals surface area (Å²) in [4.78, 5) is 11.3. The molecule has 8 heteroatoms. The molecule has 2 N–H and O–H groups in total. The molecule has 0 spiro atoms. The van der Waals surface area contributed by atoms with Crippen LogP contribution in [0, 0.1) is 0 Å². The minimum absolute atomic E-state index is 0.631. The Morgan fingerprint density at radius 1 is 1.33 bits per heavy atom. The summed E-state index contributed by atoms with van der Waals surface area (Å²) in [6, 6.07) is 0. The van der Waals surface area contributed by atoms with Gasteiger partial charge in [-0.15, -0.1) is 5.10 Å². The quantitative estimate of drug-likeness (QED) is 0.626. The van der Waals surface area contributed by atoms with Crippen molar-refractivity contribution in [3.05, 3.63) is 30.6 Å². The van der Waals surface area contributed by atoms with Gasteiger partial charge in [0, 0.05) is 25.4 Å². The van der Waals surface area contributed by atoms with E-state index >= 15 is 0 Å². The number of aromatic nitrogens is 7. The van der Waals surface area contributed by atoms with Gasteiger partial charge in [-0.3, -0.25) is 4.98 Å². The zero-order valence-corrected chi connectivity index (χ0v) is 9.61. The molecule has 3 rings (SSSR count). The van der Waals surface area contributed by atoms with Crippen LogP contribution in [0.5, 0.6) is 0 Å². The summed E-state index contributed by atoms with van der Waals surface area (Å²) in [7, 11) is 0. The first-order valence-corrected chi connectivity index (χ1v) is 5.68. The number of anilines is 1. The number of fused-ring (bicyclic) bond motifs is 1. The largest absolute Gasteiger partial charge is 0.369 e. The van der Waals surface area contributed by atoms with Crippen molar-refractivity contribution in [3.8, 4) is 0 Å². The van der Waals surface area contributed by atoms with Crippen LogP contribution in [0.1, 0.15) is 12.2 Å². The van der Waals surface area contributed by atoms with E-state index in [4.69, 9.17) is 0 Å². The molecule has 3 aromatic rings. The summed E-state index contributed by atoms with van der Waals surface area (Å²) in [5.74, 6) is 1.78. The lowest BCUT2D eigenvalue weighted by Crippen LogP contribution is -2.08. The van der Waals surface area contributed by atoms with Crippen molar-refractivity contribution in [2.75, 3.05) is 11.9 Å². The van der Waals surface area contributed by atoms with Gasteiger partial charge in [0.25, 0.3) is 0 Å². The highest BCUT2D eigenvalue weighted by molar-refractivity contribution is 5.43. The average Bonchev–Trinajstić information content (AvgIpc) is 3.05. The van der Waals surface area contributed by atoms with E-state index in [9.17, 15) is 0 Å². The van der Waals surface area contributed by atoms with Gasteiger partial charge >= 0.3 is 0 Å². The third kappa shape index (κ3) is 2.12. The van der Waals surface area contributed by atoms with E-state index in [1.165, 1.54) is 0 Å². The number of tetrazole rings is 1. The van der Waals surface area contributed by atoms with E-state index in [1.54, 1.807) is 23.1 Å². The summed E-state index contributed by atoms with van der Waals surface area (Å²) in [6.07, 6.45) is 8.78. The van der Waals surface area contributed by atoms with Gasteiger partial charge in [0.2, 0.25) is 0 Å². The van der Waals surface area contributed by atoms with Crippen molar-refractivity contribution < 1.29 is 0 Å². The first kappa shape index (κ1) is 10.6. The Bertz CT molecular complexity index is 614. The number of aryl methyl sites for hydroxylation is 1. The molecule has 0 aliphatic rings. The molecule has 0 aromatic carbocycles. The molecule has 0 aliphatic carbocycles. The molecule has 0 saturated heterocycles. The molecule has 0 bridgehead atoms. The van der Waals surface area contributed by atoms with Gasteiger partial charge in [0.1, 0.15) is 11.6 Å². The number of rotatable bonds is 5. The van der Waals surface area contributed by atoms with Crippen molar-refractivity contribution in [3.63, 3.8) is 0 Å². The second-order valence-corrected chi connectivity index (χ2v) is 3.81. The smallest absolute Gasteiger partial charge is 0.199 e. The highest BCUT2D eigenvalue weighted by Gasteiger charge is 2.03. The normalized spacial score (nSPS) is 10.9. The van der Waals surface area contributed by atoms with Crippen molar-refractivity contribution in [2.45, 2.75) is 12.8 Å². The van der Waals surface area contributed by atoms with Crippen LogP contribution < -0.4 is 5.32 Å².